The number of rotatable bonds is 1. The molecule has 0 fully saturated rings. The summed E-state index contributed by atoms with van der Waals surface area (Å²) in [6.45, 7) is 15.7. The molecule has 1 rings (SSSR count). The molecule has 2 unspecified atom stereocenters. The van der Waals surface area contributed by atoms with Gasteiger partial charge in [-0.25, -0.2) is 0 Å². The summed E-state index contributed by atoms with van der Waals surface area (Å²) in [5.41, 5.74) is 6.83. The van der Waals surface area contributed by atoms with Gasteiger partial charge in [-0.15, -0.1) is 0 Å². The first-order valence-electron chi connectivity index (χ1n) is 10.7. The van der Waals surface area contributed by atoms with Crippen LogP contribution >= 0.6 is 0 Å². The molecule has 0 heterocycles. The van der Waals surface area contributed by atoms with E-state index >= 15 is 0 Å². The lowest BCUT2D eigenvalue weighted by atomic mass is 9.92. The predicted molar refractivity (Wildman–Crippen MR) is 128 cm³/mol. The fraction of sp³-hybridized carbons (Fsp3) is 0.429. The normalized spacial score (nSPS) is 36.0. The van der Waals surface area contributed by atoms with Gasteiger partial charge in [0.25, 0.3) is 0 Å². The molecule has 0 saturated carbocycles. The monoisotopic (exact) mass is 376 g/mol. The van der Waals surface area contributed by atoms with Crippen molar-refractivity contribution < 1.29 is 0 Å². The van der Waals surface area contributed by atoms with Gasteiger partial charge in [0, 0.05) is 0 Å². The van der Waals surface area contributed by atoms with Gasteiger partial charge in [0.05, 0.1) is 0 Å². The van der Waals surface area contributed by atoms with Crippen molar-refractivity contribution in [1.82, 2.24) is 0 Å². The van der Waals surface area contributed by atoms with E-state index in [0.717, 1.165) is 19.3 Å². The van der Waals surface area contributed by atoms with Gasteiger partial charge in [0.2, 0.25) is 0 Å². The van der Waals surface area contributed by atoms with Gasteiger partial charge in [-0.3, -0.25) is 0 Å². The SMILES string of the molecule is CCC1=C(\C)C/C=C/C(C)=C(C)\C=C\CC(C)C(C)/C=C/C=C/C(C)=C/C=C\1. The van der Waals surface area contributed by atoms with E-state index in [4.69, 9.17) is 0 Å². The van der Waals surface area contributed by atoms with Crippen molar-refractivity contribution in [2.75, 3.05) is 0 Å². The highest BCUT2D eigenvalue weighted by atomic mass is 14.1. The standard InChI is InChI=1S/C28H40/c1-8-28-21-11-15-22(2)14-9-10-16-23(3)24(4)17-12-18-25(5)26(6)19-13-20-27(28)7/h9-16,18-19,21,23-24H,8,17,20H2,1-7H3/b14-9+,16-10+,18-12+,19-13+,21-11-,22-15+,26-25-,28-27-. The largest absolute Gasteiger partial charge is 0.0840 e. The molecule has 2 atom stereocenters. The van der Waals surface area contributed by atoms with Crippen molar-refractivity contribution in [3.63, 3.8) is 0 Å². The highest BCUT2D eigenvalue weighted by Crippen LogP contribution is 2.19. The Morgan fingerprint density at radius 2 is 1.50 bits per heavy atom. The van der Waals surface area contributed by atoms with Gasteiger partial charge in [-0.2, -0.15) is 0 Å². The molecule has 0 aromatic rings. The fourth-order valence-corrected chi connectivity index (χ4v) is 3.05. The predicted octanol–water partition coefficient (Wildman–Crippen LogP) is 8.84. The Morgan fingerprint density at radius 1 is 0.821 bits per heavy atom. The molecule has 0 heteroatoms. The van der Waals surface area contributed by atoms with E-state index < -0.39 is 0 Å². The molecule has 0 N–H and O–H groups in total. The Labute approximate surface area is 174 Å². The maximum atomic E-state index is 2.33. The summed E-state index contributed by atoms with van der Waals surface area (Å²) < 4.78 is 0. The zero-order chi connectivity index (χ0) is 20.9. The first-order valence-corrected chi connectivity index (χ1v) is 10.7. The number of allylic oxidation sites excluding steroid dienone is 16. The fourth-order valence-electron chi connectivity index (χ4n) is 3.05. The highest BCUT2D eigenvalue weighted by molar-refractivity contribution is 5.33. The van der Waals surface area contributed by atoms with Gasteiger partial charge in [-0.1, -0.05) is 98.8 Å². The lowest BCUT2D eigenvalue weighted by Gasteiger charge is -2.14. The molecular formula is C28H40. The molecule has 152 valence electrons. The lowest BCUT2D eigenvalue weighted by Crippen LogP contribution is -2.03. The second-order valence-electron chi connectivity index (χ2n) is 8.12. The minimum atomic E-state index is 0.564. The van der Waals surface area contributed by atoms with Crippen LogP contribution in [0, 0.1) is 11.8 Å². The third-order valence-electron chi connectivity index (χ3n) is 5.66. The molecule has 1 aliphatic carbocycles. The molecule has 0 nitrogen and oxygen atoms in total. The Kier molecular flexibility index (Phi) is 11.3. The van der Waals surface area contributed by atoms with Crippen molar-refractivity contribution in [2.45, 2.75) is 67.7 Å². The third kappa shape index (κ3) is 9.22. The number of hydrogen-bond acceptors (Lipinski definition) is 0. The van der Waals surface area contributed by atoms with Crippen LogP contribution in [-0.4, -0.2) is 0 Å². The molecule has 0 amide bonds. The molecule has 0 saturated heterocycles. The van der Waals surface area contributed by atoms with Crippen molar-refractivity contribution in [3.8, 4) is 0 Å². The van der Waals surface area contributed by atoms with E-state index in [9.17, 15) is 0 Å². The molecule has 0 aromatic carbocycles. The van der Waals surface area contributed by atoms with Crippen LogP contribution in [0.5, 0.6) is 0 Å². The van der Waals surface area contributed by atoms with E-state index in [1.807, 2.05) is 0 Å². The van der Waals surface area contributed by atoms with Crippen molar-refractivity contribution in [2.24, 2.45) is 11.8 Å². The summed E-state index contributed by atoms with van der Waals surface area (Å²) in [6, 6.07) is 0. The summed E-state index contributed by atoms with van der Waals surface area (Å²) in [5.74, 6) is 1.20. The lowest BCUT2D eigenvalue weighted by molar-refractivity contribution is 0.465. The summed E-state index contributed by atoms with van der Waals surface area (Å²) in [5, 5.41) is 0. The topological polar surface area (TPSA) is 0 Å². The summed E-state index contributed by atoms with van der Waals surface area (Å²) in [4.78, 5) is 0. The van der Waals surface area contributed by atoms with Crippen LogP contribution in [0.4, 0.5) is 0 Å². The van der Waals surface area contributed by atoms with Crippen molar-refractivity contribution in [1.29, 1.82) is 0 Å². The minimum absolute atomic E-state index is 0.564. The zero-order valence-corrected chi connectivity index (χ0v) is 19.1. The Hall–Kier alpha value is -2.08. The number of hydrogen-bond donors (Lipinski definition) is 0. The van der Waals surface area contributed by atoms with E-state index in [2.05, 4.69) is 115 Å². The zero-order valence-electron chi connectivity index (χ0n) is 19.1. The van der Waals surface area contributed by atoms with E-state index in [-0.39, 0.29) is 0 Å². The second kappa shape index (κ2) is 13.2. The Morgan fingerprint density at radius 3 is 2.18 bits per heavy atom. The molecule has 0 aliphatic heterocycles. The van der Waals surface area contributed by atoms with Crippen LogP contribution in [0.1, 0.15) is 67.7 Å². The van der Waals surface area contributed by atoms with Crippen LogP contribution in [0.3, 0.4) is 0 Å². The summed E-state index contributed by atoms with van der Waals surface area (Å²) in [6.07, 6.45) is 27.8. The van der Waals surface area contributed by atoms with Crippen LogP contribution in [0.2, 0.25) is 0 Å². The Balaban J connectivity index is 3.16. The van der Waals surface area contributed by atoms with Crippen molar-refractivity contribution >= 4 is 0 Å². The Bertz CT molecular complexity index is 726. The third-order valence-corrected chi connectivity index (χ3v) is 5.66. The van der Waals surface area contributed by atoms with Crippen LogP contribution < -0.4 is 0 Å². The van der Waals surface area contributed by atoms with Crippen LogP contribution in [-0.2, 0) is 0 Å². The van der Waals surface area contributed by atoms with Gasteiger partial charge in [0.1, 0.15) is 0 Å². The van der Waals surface area contributed by atoms with E-state index in [1.54, 1.807) is 0 Å². The maximum absolute atomic E-state index is 2.33. The molecular weight excluding hydrogens is 336 g/mol. The van der Waals surface area contributed by atoms with Gasteiger partial charge >= 0.3 is 0 Å². The first-order chi connectivity index (χ1) is 13.3. The molecule has 1 aliphatic rings. The van der Waals surface area contributed by atoms with Crippen LogP contribution in [0.25, 0.3) is 0 Å². The maximum Gasteiger partial charge on any atom is -0.0133 e. The molecule has 28 heavy (non-hydrogen) atoms. The summed E-state index contributed by atoms with van der Waals surface area (Å²) in [7, 11) is 0. The van der Waals surface area contributed by atoms with Gasteiger partial charge < -0.3 is 0 Å². The minimum Gasteiger partial charge on any atom is -0.0840 e. The molecule has 0 aromatic heterocycles. The van der Waals surface area contributed by atoms with Gasteiger partial charge in [0.15, 0.2) is 0 Å². The van der Waals surface area contributed by atoms with Crippen molar-refractivity contribution in [3.05, 3.63) is 94.7 Å². The quantitative estimate of drug-likeness (QED) is 0.428. The highest BCUT2D eigenvalue weighted by Gasteiger charge is 2.06. The van der Waals surface area contributed by atoms with E-state index in [1.165, 1.54) is 27.9 Å². The smallest absolute Gasteiger partial charge is 0.0133 e. The van der Waals surface area contributed by atoms with Crippen LogP contribution in [0.15, 0.2) is 94.7 Å². The first kappa shape index (κ1) is 24.0. The molecule has 0 spiro atoms. The van der Waals surface area contributed by atoms with E-state index in [0.29, 0.717) is 11.8 Å². The average molecular weight is 377 g/mol. The van der Waals surface area contributed by atoms with Gasteiger partial charge in [-0.05, 0) is 75.5 Å². The average Bonchev–Trinajstić information content (AvgIpc) is 2.67. The molecule has 0 bridgehead atoms. The summed E-state index contributed by atoms with van der Waals surface area (Å²) >= 11 is 0. The molecule has 0 radical (unpaired) electrons. The second-order valence-corrected chi connectivity index (χ2v) is 8.12.